The minimum Gasteiger partial charge on any atom is -0.490 e. The molecule has 1 aromatic rings. The molecule has 3 aliphatic heterocycles. The maximum absolute atomic E-state index is 11.9. The van der Waals surface area contributed by atoms with E-state index in [0.29, 0.717) is 26.3 Å². The lowest BCUT2D eigenvalue weighted by Crippen LogP contribution is -2.54. The maximum atomic E-state index is 11.9. The minimum atomic E-state index is -3.12. The van der Waals surface area contributed by atoms with Gasteiger partial charge >= 0.3 is 0 Å². The Morgan fingerprint density at radius 2 is 1.96 bits per heavy atom. The molecule has 0 radical (unpaired) electrons. The smallest absolute Gasteiger partial charge is 0.211 e. The van der Waals surface area contributed by atoms with Crippen molar-refractivity contribution in [1.82, 2.24) is 4.31 Å². The molecule has 0 aromatic heterocycles. The zero-order chi connectivity index (χ0) is 20.2. The van der Waals surface area contributed by atoms with Crippen molar-refractivity contribution in [3.05, 3.63) is 23.8 Å². The van der Waals surface area contributed by atoms with Crippen molar-refractivity contribution in [3.8, 4) is 11.5 Å². The molecule has 2 fully saturated rings. The highest BCUT2D eigenvalue weighted by atomic mass is 32.2. The first kappa shape index (κ1) is 20.0. The summed E-state index contributed by atoms with van der Waals surface area (Å²) in [6, 6.07) is 6.03. The first-order valence-corrected chi connectivity index (χ1v) is 12.0. The second-order valence-corrected chi connectivity index (χ2v) is 11.0. The molecule has 28 heavy (non-hydrogen) atoms. The van der Waals surface area contributed by atoms with E-state index in [9.17, 15) is 8.42 Å². The van der Waals surface area contributed by atoms with Gasteiger partial charge in [0.15, 0.2) is 11.5 Å². The first-order chi connectivity index (χ1) is 13.2. The molecule has 0 N–H and O–H groups in total. The summed E-state index contributed by atoms with van der Waals surface area (Å²) < 4.78 is 44.1. The van der Waals surface area contributed by atoms with Crippen LogP contribution in [0.2, 0.25) is 0 Å². The van der Waals surface area contributed by atoms with Crippen LogP contribution in [0.3, 0.4) is 0 Å². The molecule has 4 rings (SSSR count). The van der Waals surface area contributed by atoms with Crippen molar-refractivity contribution in [1.29, 1.82) is 0 Å². The Kier molecular flexibility index (Phi) is 4.91. The Hall–Kier alpha value is -1.31. The van der Waals surface area contributed by atoms with Crippen LogP contribution in [-0.2, 0) is 14.8 Å². The summed E-state index contributed by atoms with van der Waals surface area (Å²) in [7, 11) is -3.12. The summed E-state index contributed by atoms with van der Waals surface area (Å²) in [5, 5.41) is 0. The largest absolute Gasteiger partial charge is 0.490 e. The molecule has 1 aromatic carbocycles. The number of hydrogen-bond acceptors (Lipinski definition) is 5. The number of piperidine rings is 1. The van der Waals surface area contributed by atoms with Gasteiger partial charge in [0.05, 0.1) is 25.6 Å². The van der Waals surface area contributed by atoms with Gasteiger partial charge in [-0.1, -0.05) is 12.1 Å². The van der Waals surface area contributed by atoms with E-state index in [1.165, 1.54) is 6.26 Å². The number of nitrogens with zero attached hydrogens (tertiary/aromatic N) is 1. The molecular weight excluding hydrogens is 378 g/mol. The highest BCUT2D eigenvalue weighted by Crippen LogP contribution is 2.57. The highest BCUT2D eigenvalue weighted by molar-refractivity contribution is 7.88. The predicted octanol–water partition coefficient (Wildman–Crippen LogP) is 3.38. The number of fused-ring (bicyclic) bond motifs is 3. The number of hydrogen-bond donors (Lipinski definition) is 0. The van der Waals surface area contributed by atoms with Gasteiger partial charge in [-0.05, 0) is 51.5 Å². The first-order valence-electron chi connectivity index (χ1n) is 10.2. The summed E-state index contributed by atoms with van der Waals surface area (Å²) in [5.74, 6) is 1.80. The van der Waals surface area contributed by atoms with Crippen LogP contribution in [0.4, 0.5) is 0 Å². The van der Waals surface area contributed by atoms with E-state index in [0.717, 1.165) is 36.3 Å². The Balaban J connectivity index is 1.59. The number of sulfonamides is 1. The topological polar surface area (TPSA) is 65.1 Å². The minimum absolute atomic E-state index is 0.0160. The molecule has 7 heteroatoms. The second-order valence-electron chi connectivity index (χ2n) is 9.02. The van der Waals surface area contributed by atoms with Gasteiger partial charge in [-0.2, -0.15) is 0 Å². The fourth-order valence-corrected chi connectivity index (χ4v) is 5.89. The molecule has 0 unspecified atom stereocenters. The van der Waals surface area contributed by atoms with Crippen LogP contribution in [0, 0.1) is 11.3 Å². The third-order valence-electron chi connectivity index (χ3n) is 6.71. The average Bonchev–Trinajstić information content (AvgIpc) is 2.62. The van der Waals surface area contributed by atoms with Crippen LogP contribution in [0.15, 0.2) is 18.2 Å². The van der Waals surface area contributed by atoms with Crippen molar-refractivity contribution >= 4 is 10.0 Å². The third-order valence-corrected chi connectivity index (χ3v) is 8.02. The Morgan fingerprint density at radius 3 is 2.61 bits per heavy atom. The number of rotatable bonds is 3. The molecule has 0 aliphatic carbocycles. The standard InChI is InChI=1S/C21H31NO5S/c1-5-25-17-8-6-7-15-18-16(20(2,3)27-19(15)17)13-21(14-26-18)9-11-22(12-10-21)28(4,23)24/h6-8,16,18H,5,9-14H2,1-4H3/t16-,18+/m0/s1. The summed E-state index contributed by atoms with van der Waals surface area (Å²) >= 11 is 0. The quantitative estimate of drug-likeness (QED) is 0.766. The van der Waals surface area contributed by atoms with E-state index < -0.39 is 10.0 Å². The molecule has 2 atom stereocenters. The van der Waals surface area contributed by atoms with E-state index in [2.05, 4.69) is 19.9 Å². The molecule has 1 spiro atoms. The van der Waals surface area contributed by atoms with E-state index in [4.69, 9.17) is 14.2 Å². The molecule has 0 saturated carbocycles. The molecule has 0 bridgehead atoms. The molecule has 3 heterocycles. The van der Waals surface area contributed by atoms with Crippen LogP contribution in [-0.4, -0.2) is 50.9 Å². The van der Waals surface area contributed by atoms with Gasteiger partial charge in [0, 0.05) is 24.6 Å². The maximum Gasteiger partial charge on any atom is 0.211 e. The van der Waals surface area contributed by atoms with Crippen molar-refractivity contribution in [2.24, 2.45) is 11.3 Å². The number of benzene rings is 1. The van der Waals surface area contributed by atoms with Crippen LogP contribution in [0.25, 0.3) is 0 Å². The molecule has 2 saturated heterocycles. The molecule has 6 nitrogen and oxygen atoms in total. The number of para-hydroxylation sites is 1. The van der Waals surface area contributed by atoms with Crippen LogP contribution >= 0.6 is 0 Å². The Bertz CT molecular complexity index is 842. The van der Waals surface area contributed by atoms with Crippen molar-refractivity contribution in [2.75, 3.05) is 32.6 Å². The van der Waals surface area contributed by atoms with Gasteiger partial charge in [-0.25, -0.2) is 12.7 Å². The van der Waals surface area contributed by atoms with Crippen LogP contribution in [0.5, 0.6) is 11.5 Å². The summed E-state index contributed by atoms with van der Waals surface area (Å²) in [4.78, 5) is 0. The third kappa shape index (κ3) is 3.42. The molecule has 156 valence electrons. The number of ether oxygens (including phenoxy) is 3. The van der Waals surface area contributed by atoms with E-state index in [1.54, 1.807) is 4.31 Å². The van der Waals surface area contributed by atoms with Gasteiger partial charge in [0.25, 0.3) is 0 Å². The van der Waals surface area contributed by atoms with Gasteiger partial charge < -0.3 is 14.2 Å². The van der Waals surface area contributed by atoms with Crippen LogP contribution < -0.4 is 9.47 Å². The zero-order valence-electron chi connectivity index (χ0n) is 17.2. The summed E-state index contributed by atoms with van der Waals surface area (Å²) in [6.45, 7) is 8.64. The van der Waals surface area contributed by atoms with Gasteiger partial charge in [-0.3, -0.25) is 0 Å². The lowest BCUT2D eigenvalue weighted by atomic mass is 9.64. The van der Waals surface area contributed by atoms with E-state index >= 15 is 0 Å². The molecule has 3 aliphatic rings. The van der Waals surface area contributed by atoms with Crippen molar-refractivity contribution in [3.63, 3.8) is 0 Å². The predicted molar refractivity (Wildman–Crippen MR) is 107 cm³/mol. The summed E-state index contributed by atoms with van der Waals surface area (Å²) in [5.41, 5.74) is 0.711. The fourth-order valence-electron chi connectivity index (χ4n) is 5.05. The second kappa shape index (κ2) is 6.89. The highest BCUT2D eigenvalue weighted by Gasteiger charge is 2.53. The van der Waals surface area contributed by atoms with Gasteiger partial charge in [-0.15, -0.1) is 0 Å². The lowest BCUT2D eigenvalue weighted by molar-refractivity contribution is -0.172. The van der Waals surface area contributed by atoms with Gasteiger partial charge in [0.1, 0.15) is 5.60 Å². The Morgan fingerprint density at radius 1 is 1.25 bits per heavy atom. The Labute approximate surface area is 168 Å². The van der Waals surface area contributed by atoms with E-state index in [-0.39, 0.29) is 23.0 Å². The van der Waals surface area contributed by atoms with Crippen molar-refractivity contribution in [2.45, 2.75) is 51.7 Å². The summed E-state index contributed by atoms with van der Waals surface area (Å²) in [6.07, 6.45) is 3.94. The SMILES string of the molecule is CCOc1cccc2c1OC(C)(C)[C@H]1CC3(CCN(S(C)(=O)=O)CC3)CO[C@H]21. The molecular formula is C21H31NO5S. The van der Waals surface area contributed by atoms with Gasteiger partial charge in [0.2, 0.25) is 10.0 Å². The van der Waals surface area contributed by atoms with Crippen LogP contribution in [0.1, 0.15) is 51.7 Å². The zero-order valence-corrected chi connectivity index (χ0v) is 18.0. The monoisotopic (exact) mass is 409 g/mol. The average molecular weight is 410 g/mol. The fraction of sp³-hybridized carbons (Fsp3) is 0.714. The van der Waals surface area contributed by atoms with E-state index in [1.807, 2.05) is 19.1 Å². The normalized spacial score (nSPS) is 28.9. The molecule has 0 amide bonds. The lowest BCUT2D eigenvalue weighted by Gasteiger charge is -2.54. The van der Waals surface area contributed by atoms with Crippen molar-refractivity contribution < 1.29 is 22.6 Å².